The van der Waals surface area contributed by atoms with Gasteiger partial charge in [-0.1, -0.05) is 42.5 Å². The Bertz CT molecular complexity index is 902. The van der Waals surface area contributed by atoms with Crippen LogP contribution in [0.4, 0.5) is 5.69 Å². The second-order valence-corrected chi connectivity index (χ2v) is 5.47. The summed E-state index contributed by atoms with van der Waals surface area (Å²) < 4.78 is 4.66. The average Bonchev–Trinajstić information content (AvgIpc) is 2.61. The van der Waals surface area contributed by atoms with Gasteiger partial charge in [-0.3, -0.25) is 9.59 Å². The van der Waals surface area contributed by atoms with Crippen LogP contribution in [-0.4, -0.2) is 19.0 Å². The minimum Gasteiger partial charge on any atom is -0.469 e. The van der Waals surface area contributed by atoms with Crippen LogP contribution in [-0.2, 0) is 16.0 Å². The molecule has 0 aliphatic heterocycles. The van der Waals surface area contributed by atoms with Gasteiger partial charge in [0.1, 0.15) is 0 Å². The van der Waals surface area contributed by atoms with Gasteiger partial charge < -0.3 is 10.1 Å². The number of nitrogens with one attached hydrogen (secondary N) is 1. The van der Waals surface area contributed by atoms with Crippen molar-refractivity contribution < 1.29 is 14.3 Å². The smallest absolute Gasteiger partial charge is 0.309 e. The number of ether oxygens (including phenoxy) is 1. The van der Waals surface area contributed by atoms with Crippen LogP contribution in [0, 0.1) is 0 Å². The van der Waals surface area contributed by atoms with Gasteiger partial charge in [0.15, 0.2) is 0 Å². The fraction of sp³-hybridized carbons (Fsp3) is 0.100. The number of fused-ring (bicyclic) bond motifs is 1. The molecule has 0 aliphatic carbocycles. The Kier molecular flexibility index (Phi) is 4.57. The van der Waals surface area contributed by atoms with Crippen LogP contribution in [0.1, 0.15) is 15.9 Å². The molecule has 1 N–H and O–H groups in total. The van der Waals surface area contributed by atoms with E-state index in [4.69, 9.17) is 0 Å². The van der Waals surface area contributed by atoms with Crippen molar-refractivity contribution in [3.63, 3.8) is 0 Å². The summed E-state index contributed by atoms with van der Waals surface area (Å²) in [4.78, 5) is 23.8. The molecule has 4 nitrogen and oxygen atoms in total. The Labute approximate surface area is 140 Å². The maximum Gasteiger partial charge on any atom is 0.309 e. The highest BCUT2D eigenvalue weighted by molar-refractivity contribution is 6.06. The van der Waals surface area contributed by atoms with Gasteiger partial charge in [0.2, 0.25) is 0 Å². The van der Waals surface area contributed by atoms with Gasteiger partial charge >= 0.3 is 5.97 Å². The molecule has 3 aromatic rings. The van der Waals surface area contributed by atoms with E-state index in [0.29, 0.717) is 11.3 Å². The molecule has 0 aliphatic rings. The lowest BCUT2D eigenvalue weighted by Crippen LogP contribution is -2.12. The predicted octanol–water partition coefficient (Wildman–Crippen LogP) is 3.81. The minimum absolute atomic E-state index is 0.177. The van der Waals surface area contributed by atoms with Crippen molar-refractivity contribution >= 4 is 28.3 Å². The van der Waals surface area contributed by atoms with Crippen LogP contribution in [0.25, 0.3) is 10.8 Å². The summed E-state index contributed by atoms with van der Waals surface area (Å²) in [5.74, 6) is -0.496. The van der Waals surface area contributed by atoms with Crippen LogP contribution >= 0.6 is 0 Å². The molecule has 0 spiro atoms. The van der Waals surface area contributed by atoms with Gasteiger partial charge in [-0.2, -0.15) is 0 Å². The maximum atomic E-state index is 12.4. The van der Waals surface area contributed by atoms with Crippen molar-refractivity contribution in [2.75, 3.05) is 12.4 Å². The summed E-state index contributed by atoms with van der Waals surface area (Å²) in [5.41, 5.74) is 2.03. The maximum absolute atomic E-state index is 12.4. The van der Waals surface area contributed by atoms with Crippen molar-refractivity contribution in [1.29, 1.82) is 0 Å². The van der Waals surface area contributed by atoms with Gasteiger partial charge in [0, 0.05) is 11.3 Å². The van der Waals surface area contributed by atoms with Crippen LogP contribution in [0.15, 0.2) is 66.7 Å². The topological polar surface area (TPSA) is 55.4 Å². The van der Waals surface area contributed by atoms with Crippen molar-refractivity contribution in [3.05, 3.63) is 77.9 Å². The predicted molar refractivity (Wildman–Crippen MR) is 94.1 cm³/mol. The second kappa shape index (κ2) is 6.96. The van der Waals surface area contributed by atoms with E-state index in [1.54, 1.807) is 24.3 Å². The van der Waals surface area contributed by atoms with E-state index in [-0.39, 0.29) is 18.3 Å². The van der Waals surface area contributed by atoms with Crippen LogP contribution in [0.2, 0.25) is 0 Å². The van der Waals surface area contributed by atoms with Gasteiger partial charge in [-0.25, -0.2) is 0 Å². The molecule has 0 bridgehead atoms. The number of hydrogen-bond acceptors (Lipinski definition) is 3. The minimum atomic E-state index is -0.312. The largest absolute Gasteiger partial charge is 0.469 e. The molecule has 0 saturated heterocycles. The highest BCUT2D eigenvalue weighted by Crippen LogP contribution is 2.18. The molecule has 3 aromatic carbocycles. The monoisotopic (exact) mass is 319 g/mol. The average molecular weight is 319 g/mol. The SMILES string of the molecule is COC(=O)Cc1cccc(NC(=O)c2ccc3ccccc3c2)c1. The standard InChI is InChI=1S/C20H17NO3/c1-24-19(22)12-14-5-4-8-18(11-14)21-20(23)17-10-9-15-6-2-3-7-16(15)13-17/h2-11,13H,12H2,1H3,(H,21,23). The summed E-state index contributed by atoms with van der Waals surface area (Å²) >= 11 is 0. The lowest BCUT2D eigenvalue weighted by Gasteiger charge is -2.08. The van der Waals surface area contributed by atoms with E-state index < -0.39 is 0 Å². The van der Waals surface area contributed by atoms with Gasteiger partial charge in [-0.05, 0) is 40.6 Å². The molecular weight excluding hydrogens is 302 g/mol. The lowest BCUT2D eigenvalue weighted by atomic mass is 10.1. The zero-order valence-corrected chi connectivity index (χ0v) is 13.3. The van der Waals surface area contributed by atoms with E-state index in [9.17, 15) is 9.59 Å². The third-order valence-electron chi connectivity index (χ3n) is 3.77. The zero-order valence-electron chi connectivity index (χ0n) is 13.3. The quantitative estimate of drug-likeness (QED) is 0.744. The summed E-state index contributed by atoms with van der Waals surface area (Å²) in [6, 6.07) is 20.7. The second-order valence-electron chi connectivity index (χ2n) is 5.47. The van der Waals surface area contributed by atoms with E-state index in [1.165, 1.54) is 7.11 Å². The molecule has 4 heteroatoms. The molecule has 0 unspecified atom stereocenters. The number of amides is 1. The summed E-state index contributed by atoms with van der Waals surface area (Å²) in [7, 11) is 1.35. The molecule has 0 atom stereocenters. The van der Waals surface area contributed by atoms with Crippen molar-refractivity contribution in [2.45, 2.75) is 6.42 Å². The third-order valence-corrected chi connectivity index (χ3v) is 3.77. The first-order chi connectivity index (χ1) is 11.7. The van der Waals surface area contributed by atoms with Crippen LogP contribution in [0.3, 0.4) is 0 Å². The molecule has 0 aromatic heterocycles. The number of hydrogen-bond donors (Lipinski definition) is 1. The number of carbonyl (C=O) groups is 2. The number of carbonyl (C=O) groups excluding carboxylic acids is 2. The summed E-state index contributed by atoms with van der Waals surface area (Å²) in [5, 5.41) is 4.97. The molecule has 24 heavy (non-hydrogen) atoms. The van der Waals surface area contributed by atoms with Gasteiger partial charge in [-0.15, -0.1) is 0 Å². The van der Waals surface area contributed by atoms with Gasteiger partial charge in [0.05, 0.1) is 13.5 Å². The van der Waals surface area contributed by atoms with E-state index in [0.717, 1.165) is 16.3 Å². The van der Waals surface area contributed by atoms with E-state index in [1.807, 2.05) is 42.5 Å². The summed E-state index contributed by atoms with van der Waals surface area (Å²) in [6.45, 7) is 0. The highest BCUT2D eigenvalue weighted by atomic mass is 16.5. The first-order valence-corrected chi connectivity index (χ1v) is 7.61. The van der Waals surface area contributed by atoms with Crippen molar-refractivity contribution in [3.8, 4) is 0 Å². The Morgan fingerprint density at radius 3 is 2.50 bits per heavy atom. The molecule has 0 saturated carbocycles. The molecule has 120 valence electrons. The number of benzene rings is 3. The molecule has 0 fully saturated rings. The first kappa shape index (κ1) is 15.7. The Morgan fingerprint density at radius 1 is 0.917 bits per heavy atom. The Hall–Kier alpha value is -3.14. The van der Waals surface area contributed by atoms with Crippen molar-refractivity contribution in [1.82, 2.24) is 0 Å². The highest BCUT2D eigenvalue weighted by Gasteiger charge is 2.08. The Morgan fingerprint density at radius 2 is 1.71 bits per heavy atom. The molecule has 3 rings (SSSR count). The van der Waals surface area contributed by atoms with Crippen molar-refractivity contribution in [2.24, 2.45) is 0 Å². The zero-order chi connectivity index (χ0) is 16.9. The van der Waals surface area contributed by atoms with Crippen LogP contribution in [0.5, 0.6) is 0 Å². The van der Waals surface area contributed by atoms with Gasteiger partial charge in [0.25, 0.3) is 5.91 Å². The number of esters is 1. The molecular formula is C20H17NO3. The van der Waals surface area contributed by atoms with E-state index >= 15 is 0 Å². The molecule has 1 amide bonds. The lowest BCUT2D eigenvalue weighted by molar-refractivity contribution is -0.139. The van der Waals surface area contributed by atoms with E-state index in [2.05, 4.69) is 10.1 Å². The fourth-order valence-electron chi connectivity index (χ4n) is 2.53. The fourth-order valence-corrected chi connectivity index (χ4v) is 2.53. The Balaban J connectivity index is 1.78. The third kappa shape index (κ3) is 3.60. The number of anilines is 1. The number of methoxy groups -OCH3 is 1. The normalized spacial score (nSPS) is 10.4. The van der Waals surface area contributed by atoms with Crippen LogP contribution < -0.4 is 5.32 Å². The number of rotatable bonds is 4. The first-order valence-electron chi connectivity index (χ1n) is 7.61. The molecule has 0 heterocycles. The summed E-state index contributed by atoms with van der Waals surface area (Å²) in [6.07, 6.45) is 0.177. The molecule has 0 radical (unpaired) electrons.